The van der Waals surface area contributed by atoms with Crippen LogP contribution < -0.4 is 4.74 Å². The van der Waals surface area contributed by atoms with Crippen molar-refractivity contribution >= 4 is 68.3 Å². The van der Waals surface area contributed by atoms with Crippen molar-refractivity contribution in [2.75, 3.05) is 6.07 Å². The van der Waals surface area contributed by atoms with Gasteiger partial charge in [-0.15, -0.1) is 0 Å². The SMILES string of the molecule is ClCOc1c(I)cc(Cl)c2ccc(Cl)nc12. The number of hydrogen-bond donors (Lipinski definition) is 0. The normalized spacial score (nSPS) is 10.8. The highest BCUT2D eigenvalue weighted by Crippen LogP contribution is 2.35. The first-order valence-electron chi connectivity index (χ1n) is 4.26. The van der Waals surface area contributed by atoms with Crippen LogP contribution in [0.2, 0.25) is 10.2 Å². The Bertz CT molecular complexity index is 547. The zero-order valence-corrected chi connectivity index (χ0v) is 12.2. The van der Waals surface area contributed by atoms with Crippen molar-refractivity contribution in [2.45, 2.75) is 0 Å². The van der Waals surface area contributed by atoms with Crippen molar-refractivity contribution in [1.29, 1.82) is 0 Å². The van der Waals surface area contributed by atoms with Gasteiger partial charge in [0, 0.05) is 5.39 Å². The molecular formula is C10H5Cl3INO. The largest absolute Gasteiger partial charge is 0.475 e. The second-order valence-electron chi connectivity index (χ2n) is 2.95. The Balaban J connectivity index is 2.80. The van der Waals surface area contributed by atoms with Gasteiger partial charge in [0.2, 0.25) is 0 Å². The fourth-order valence-electron chi connectivity index (χ4n) is 1.36. The van der Waals surface area contributed by atoms with Gasteiger partial charge in [0.25, 0.3) is 0 Å². The van der Waals surface area contributed by atoms with Gasteiger partial charge in [-0.05, 0) is 40.8 Å². The highest BCUT2D eigenvalue weighted by molar-refractivity contribution is 14.1. The van der Waals surface area contributed by atoms with Crippen molar-refractivity contribution in [2.24, 2.45) is 0 Å². The average Bonchev–Trinajstić information content (AvgIpc) is 2.23. The summed E-state index contributed by atoms with van der Waals surface area (Å²) in [6.07, 6.45) is 0. The van der Waals surface area contributed by atoms with Crippen LogP contribution in [0, 0.1) is 3.57 Å². The van der Waals surface area contributed by atoms with Gasteiger partial charge in [-0.1, -0.05) is 34.8 Å². The van der Waals surface area contributed by atoms with Gasteiger partial charge in [-0.3, -0.25) is 0 Å². The Morgan fingerprint density at radius 1 is 1.31 bits per heavy atom. The summed E-state index contributed by atoms with van der Waals surface area (Å²) in [5.41, 5.74) is 0.630. The minimum atomic E-state index is 0.0565. The maximum absolute atomic E-state index is 6.11. The number of pyridine rings is 1. The zero-order chi connectivity index (χ0) is 11.7. The van der Waals surface area contributed by atoms with E-state index in [-0.39, 0.29) is 6.07 Å². The molecule has 0 radical (unpaired) electrons. The standard InChI is InChI=1S/C10H5Cl3INO/c11-4-16-10-7(14)3-6(12)5-1-2-8(13)15-9(5)10/h1-3H,4H2. The zero-order valence-electron chi connectivity index (χ0n) is 7.81. The van der Waals surface area contributed by atoms with E-state index in [0.717, 1.165) is 8.96 Å². The molecular weight excluding hydrogens is 383 g/mol. The molecule has 0 aliphatic rings. The number of ether oxygens (including phenoxy) is 1. The lowest BCUT2D eigenvalue weighted by molar-refractivity contribution is 0.389. The first-order valence-corrected chi connectivity index (χ1v) is 6.63. The number of benzene rings is 1. The molecule has 0 saturated heterocycles. The number of aromatic nitrogens is 1. The molecule has 0 fully saturated rings. The van der Waals surface area contributed by atoms with Gasteiger partial charge in [-0.2, -0.15) is 0 Å². The Kier molecular flexibility index (Phi) is 4.00. The quantitative estimate of drug-likeness (QED) is 0.422. The highest BCUT2D eigenvalue weighted by atomic mass is 127. The van der Waals surface area contributed by atoms with Crippen LogP contribution in [-0.4, -0.2) is 11.1 Å². The van der Waals surface area contributed by atoms with E-state index in [2.05, 4.69) is 27.6 Å². The monoisotopic (exact) mass is 387 g/mol. The van der Waals surface area contributed by atoms with Crippen LogP contribution in [0.3, 0.4) is 0 Å². The molecule has 2 rings (SSSR count). The summed E-state index contributed by atoms with van der Waals surface area (Å²) in [6, 6.07) is 5.36. The predicted molar refractivity (Wildman–Crippen MR) is 75.8 cm³/mol. The molecule has 2 aromatic rings. The summed E-state index contributed by atoms with van der Waals surface area (Å²) in [5.74, 6) is 0.609. The molecule has 16 heavy (non-hydrogen) atoms. The molecule has 0 spiro atoms. The molecule has 0 aliphatic carbocycles. The van der Waals surface area contributed by atoms with E-state index in [1.165, 1.54) is 0 Å². The number of alkyl halides is 1. The van der Waals surface area contributed by atoms with E-state index in [1.807, 2.05) is 12.1 Å². The van der Waals surface area contributed by atoms with Crippen LogP contribution in [0.4, 0.5) is 0 Å². The van der Waals surface area contributed by atoms with E-state index < -0.39 is 0 Å². The number of rotatable bonds is 2. The minimum Gasteiger partial charge on any atom is -0.475 e. The van der Waals surface area contributed by atoms with Crippen molar-refractivity contribution in [1.82, 2.24) is 4.98 Å². The minimum absolute atomic E-state index is 0.0565. The molecule has 2 nitrogen and oxygen atoms in total. The van der Waals surface area contributed by atoms with Crippen LogP contribution in [0.5, 0.6) is 5.75 Å². The smallest absolute Gasteiger partial charge is 0.162 e. The van der Waals surface area contributed by atoms with Crippen molar-refractivity contribution in [3.8, 4) is 5.75 Å². The molecule has 1 aromatic carbocycles. The molecule has 0 atom stereocenters. The van der Waals surface area contributed by atoms with Gasteiger partial charge < -0.3 is 4.74 Å². The van der Waals surface area contributed by atoms with Gasteiger partial charge in [0.05, 0.1) is 8.59 Å². The number of hydrogen-bond acceptors (Lipinski definition) is 2. The molecule has 0 unspecified atom stereocenters. The summed E-state index contributed by atoms with van der Waals surface area (Å²) in [5, 5.41) is 1.81. The van der Waals surface area contributed by atoms with Crippen molar-refractivity contribution in [3.63, 3.8) is 0 Å². The molecule has 1 aromatic heterocycles. The fraction of sp³-hybridized carbons (Fsp3) is 0.100. The predicted octanol–water partition coefficient (Wildman–Crippen LogP) is 4.72. The van der Waals surface area contributed by atoms with E-state index in [0.29, 0.717) is 21.4 Å². The third-order valence-electron chi connectivity index (χ3n) is 2.00. The van der Waals surface area contributed by atoms with Gasteiger partial charge in [0.15, 0.2) is 11.8 Å². The van der Waals surface area contributed by atoms with Crippen LogP contribution >= 0.6 is 57.4 Å². The highest BCUT2D eigenvalue weighted by Gasteiger charge is 2.12. The average molecular weight is 388 g/mol. The first kappa shape index (κ1) is 12.5. The second-order valence-corrected chi connectivity index (χ2v) is 5.13. The summed E-state index contributed by atoms with van der Waals surface area (Å²) >= 11 is 19.6. The second kappa shape index (κ2) is 5.12. The van der Waals surface area contributed by atoms with E-state index in [1.54, 1.807) is 6.07 Å². The summed E-state index contributed by atoms with van der Waals surface area (Å²) in [7, 11) is 0. The van der Waals surface area contributed by atoms with Crippen LogP contribution in [0.15, 0.2) is 18.2 Å². The molecule has 0 N–H and O–H groups in total. The van der Waals surface area contributed by atoms with Gasteiger partial charge in [0.1, 0.15) is 10.7 Å². The summed E-state index contributed by atoms with van der Waals surface area (Å²) in [6.45, 7) is 0. The number of halogens is 4. The summed E-state index contributed by atoms with van der Waals surface area (Å²) < 4.78 is 6.19. The molecule has 0 bridgehead atoms. The Morgan fingerprint density at radius 2 is 2.06 bits per heavy atom. The Morgan fingerprint density at radius 3 is 2.75 bits per heavy atom. The molecule has 0 saturated carbocycles. The molecule has 84 valence electrons. The topological polar surface area (TPSA) is 22.1 Å². The van der Waals surface area contributed by atoms with Crippen LogP contribution in [0.25, 0.3) is 10.9 Å². The molecule has 0 aliphatic heterocycles. The van der Waals surface area contributed by atoms with Gasteiger partial charge in [-0.25, -0.2) is 4.98 Å². The maximum Gasteiger partial charge on any atom is 0.162 e. The molecule has 1 heterocycles. The third kappa shape index (κ3) is 2.32. The van der Waals surface area contributed by atoms with Crippen LogP contribution in [0.1, 0.15) is 0 Å². The van der Waals surface area contributed by atoms with E-state index in [9.17, 15) is 0 Å². The fourth-order valence-corrected chi connectivity index (χ4v) is 2.79. The van der Waals surface area contributed by atoms with E-state index in [4.69, 9.17) is 39.5 Å². The number of fused-ring (bicyclic) bond motifs is 1. The number of nitrogens with zero attached hydrogens (tertiary/aromatic N) is 1. The maximum atomic E-state index is 6.11. The van der Waals surface area contributed by atoms with Crippen LogP contribution in [-0.2, 0) is 0 Å². The van der Waals surface area contributed by atoms with Crippen molar-refractivity contribution < 1.29 is 4.74 Å². The molecule has 6 heteroatoms. The van der Waals surface area contributed by atoms with Crippen molar-refractivity contribution in [3.05, 3.63) is 31.9 Å². The lowest BCUT2D eigenvalue weighted by Gasteiger charge is -2.09. The Labute approximate surface area is 121 Å². The lowest BCUT2D eigenvalue weighted by Crippen LogP contribution is -1.95. The Hall–Kier alpha value is 0.0300. The lowest BCUT2D eigenvalue weighted by atomic mass is 10.2. The van der Waals surface area contributed by atoms with Gasteiger partial charge >= 0.3 is 0 Å². The first-order chi connectivity index (χ1) is 7.63. The third-order valence-corrected chi connectivity index (χ3v) is 3.44. The summed E-state index contributed by atoms with van der Waals surface area (Å²) in [4.78, 5) is 4.21. The van der Waals surface area contributed by atoms with E-state index >= 15 is 0 Å². The molecule has 0 amide bonds.